The molecule has 0 aromatic rings. The molecule has 2 heteroatoms. The zero-order chi connectivity index (χ0) is 6.24. The molecule has 0 aromatic carbocycles. The summed E-state index contributed by atoms with van der Waals surface area (Å²) in [6.07, 6.45) is 5.57. The molecule has 0 unspecified atom stereocenters. The normalized spacial score (nSPS) is 16.8. The Morgan fingerprint density at radius 1 is 1.38 bits per heavy atom. The maximum atomic E-state index is 9.50. The second-order valence-electron chi connectivity index (χ2n) is 1.46. The Morgan fingerprint density at radius 2 is 2.12 bits per heavy atom. The fourth-order valence-corrected chi connectivity index (χ4v) is 0.572. The van der Waals surface area contributed by atoms with E-state index in [0.29, 0.717) is 7.18 Å². The molecule has 0 bridgehead atoms. The quantitative estimate of drug-likeness (QED) is 0.469. The first-order valence-electron chi connectivity index (χ1n) is 2.73. The SMILES string of the molecule is C1=CCNCC1.CF. The van der Waals surface area contributed by atoms with Crippen LogP contribution in [0.5, 0.6) is 0 Å². The molecule has 1 nitrogen and oxygen atoms in total. The molecular formula is C6H12FN. The highest BCUT2D eigenvalue weighted by atomic mass is 19.1. The van der Waals surface area contributed by atoms with Gasteiger partial charge in [-0.2, -0.15) is 0 Å². The van der Waals surface area contributed by atoms with Gasteiger partial charge in [-0.3, -0.25) is 4.39 Å². The van der Waals surface area contributed by atoms with Crippen LogP contribution in [0.25, 0.3) is 0 Å². The zero-order valence-electron chi connectivity index (χ0n) is 5.15. The average molecular weight is 117 g/mol. The maximum absolute atomic E-state index is 9.50. The van der Waals surface area contributed by atoms with E-state index < -0.39 is 0 Å². The summed E-state index contributed by atoms with van der Waals surface area (Å²) in [4.78, 5) is 0. The lowest BCUT2D eigenvalue weighted by molar-refractivity contribution is 0.636. The van der Waals surface area contributed by atoms with Gasteiger partial charge in [0.2, 0.25) is 0 Å². The van der Waals surface area contributed by atoms with Crippen LogP contribution in [0.15, 0.2) is 12.2 Å². The Balaban J connectivity index is 0.000000222. The average Bonchev–Trinajstić information content (AvgIpc) is 1.96. The Bertz CT molecular complexity index is 53.5. The Labute approximate surface area is 49.6 Å². The van der Waals surface area contributed by atoms with Crippen LogP contribution in [0, 0.1) is 0 Å². The van der Waals surface area contributed by atoms with Gasteiger partial charge in [0, 0.05) is 6.54 Å². The molecule has 8 heavy (non-hydrogen) atoms. The van der Waals surface area contributed by atoms with Crippen molar-refractivity contribution in [1.82, 2.24) is 5.32 Å². The van der Waals surface area contributed by atoms with Crippen molar-refractivity contribution < 1.29 is 4.39 Å². The first-order chi connectivity index (χ1) is 4.00. The second-order valence-corrected chi connectivity index (χ2v) is 1.46. The lowest BCUT2D eigenvalue weighted by Crippen LogP contribution is -2.17. The minimum Gasteiger partial charge on any atom is -0.313 e. The number of alkyl halides is 1. The molecule has 0 aliphatic carbocycles. The van der Waals surface area contributed by atoms with Crippen molar-refractivity contribution in [3.05, 3.63) is 12.2 Å². The fraction of sp³-hybridized carbons (Fsp3) is 0.667. The number of rotatable bonds is 0. The third-order valence-electron chi connectivity index (χ3n) is 0.917. The van der Waals surface area contributed by atoms with Gasteiger partial charge in [0.05, 0.1) is 7.18 Å². The Hall–Kier alpha value is -0.370. The molecule has 0 atom stereocenters. The van der Waals surface area contributed by atoms with Gasteiger partial charge in [-0.25, -0.2) is 0 Å². The van der Waals surface area contributed by atoms with Gasteiger partial charge in [0.1, 0.15) is 0 Å². The molecule has 0 amide bonds. The summed E-state index contributed by atoms with van der Waals surface area (Å²) in [6.45, 7) is 2.23. The van der Waals surface area contributed by atoms with Crippen LogP contribution in [0.4, 0.5) is 4.39 Å². The van der Waals surface area contributed by atoms with E-state index in [2.05, 4.69) is 17.5 Å². The highest BCUT2D eigenvalue weighted by Crippen LogP contribution is 1.84. The molecule has 0 saturated carbocycles. The highest BCUT2D eigenvalue weighted by molar-refractivity contribution is 4.88. The van der Waals surface area contributed by atoms with Crippen molar-refractivity contribution >= 4 is 0 Å². The van der Waals surface area contributed by atoms with Crippen LogP contribution in [0.2, 0.25) is 0 Å². The molecule has 0 radical (unpaired) electrons. The lowest BCUT2D eigenvalue weighted by Gasteiger charge is -2.01. The van der Waals surface area contributed by atoms with Gasteiger partial charge in [0.25, 0.3) is 0 Å². The molecule has 1 aliphatic heterocycles. The lowest BCUT2D eigenvalue weighted by atomic mass is 10.3. The smallest absolute Gasteiger partial charge is 0.0785 e. The third-order valence-corrected chi connectivity index (χ3v) is 0.917. The summed E-state index contributed by atoms with van der Waals surface area (Å²) in [5.41, 5.74) is 0. The van der Waals surface area contributed by atoms with E-state index in [1.54, 1.807) is 0 Å². The van der Waals surface area contributed by atoms with E-state index in [1.165, 1.54) is 6.42 Å². The van der Waals surface area contributed by atoms with Crippen molar-refractivity contribution in [2.75, 3.05) is 20.3 Å². The van der Waals surface area contributed by atoms with E-state index in [0.717, 1.165) is 13.1 Å². The third kappa shape index (κ3) is 3.81. The summed E-state index contributed by atoms with van der Waals surface area (Å²) in [7, 11) is 0.500. The largest absolute Gasteiger partial charge is 0.313 e. The molecular weight excluding hydrogens is 105 g/mol. The summed E-state index contributed by atoms with van der Waals surface area (Å²) in [5, 5.41) is 3.20. The molecule has 1 N–H and O–H groups in total. The topological polar surface area (TPSA) is 12.0 Å². The predicted octanol–water partition coefficient (Wildman–Crippen LogP) is 1.12. The molecule has 0 saturated heterocycles. The predicted molar refractivity (Wildman–Crippen MR) is 33.7 cm³/mol. The van der Waals surface area contributed by atoms with E-state index >= 15 is 0 Å². The minimum absolute atomic E-state index is 0.500. The van der Waals surface area contributed by atoms with Crippen LogP contribution in [0.1, 0.15) is 6.42 Å². The second kappa shape index (κ2) is 6.63. The minimum atomic E-state index is 0.500. The zero-order valence-corrected chi connectivity index (χ0v) is 5.15. The summed E-state index contributed by atoms with van der Waals surface area (Å²) in [5.74, 6) is 0. The monoisotopic (exact) mass is 117 g/mol. The van der Waals surface area contributed by atoms with Gasteiger partial charge < -0.3 is 5.32 Å². The molecule has 48 valence electrons. The number of hydrogen-bond acceptors (Lipinski definition) is 1. The Kier molecular flexibility index (Phi) is 6.32. The van der Waals surface area contributed by atoms with Crippen molar-refractivity contribution in [2.45, 2.75) is 6.42 Å². The first kappa shape index (κ1) is 7.63. The summed E-state index contributed by atoms with van der Waals surface area (Å²) < 4.78 is 9.50. The van der Waals surface area contributed by atoms with Gasteiger partial charge in [-0.05, 0) is 13.0 Å². The highest BCUT2D eigenvalue weighted by Gasteiger charge is 1.84. The van der Waals surface area contributed by atoms with E-state index in [1.807, 2.05) is 0 Å². The van der Waals surface area contributed by atoms with E-state index in [4.69, 9.17) is 0 Å². The van der Waals surface area contributed by atoms with Crippen LogP contribution >= 0.6 is 0 Å². The van der Waals surface area contributed by atoms with Gasteiger partial charge in [-0.15, -0.1) is 0 Å². The van der Waals surface area contributed by atoms with E-state index in [9.17, 15) is 4.39 Å². The molecule has 1 aliphatic rings. The molecule has 0 aromatic heterocycles. The van der Waals surface area contributed by atoms with Crippen LogP contribution in [0.3, 0.4) is 0 Å². The van der Waals surface area contributed by atoms with Crippen molar-refractivity contribution in [3.63, 3.8) is 0 Å². The summed E-state index contributed by atoms with van der Waals surface area (Å²) in [6, 6.07) is 0. The summed E-state index contributed by atoms with van der Waals surface area (Å²) >= 11 is 0. The van der Waals surface area contributed by atoms with Crippen LogP contribution < -0.4 is 5.32 Å². The van der Waals surface area contributed by atoms with Crippen molar-refractivity contribution in [3.8, 4) is 0 Å². The van der Waals surface area contributed by atoms with Crippen molar-refractivity contribution in [1.29, 1.82) is 0 Å². The fourth-order valence-electron chi connectivity index (χ4n) is 0.572. The number of halogens is 1. The molecule has 1 heterocycles. The van der Waals surface area contributed by atoms with Gasteiger partial charge >= 0.3 is 0 Å². The van der Waals surface area contributed by atoms with Crippen molar-refractivity contribution in [2.24, 2.45) is 0 Å². The maximum Gasteiger partial charge on any atom is 0.0785 e. The van der Waals surface area contributed by atoms with Crippen LogP contribution in [-0.4, -0.2) is 20.3 Å². The van der Waals surface area contributed by atoms with Gasteiger partial charge in [-0.1, -0.05) is 12.2 Å². The Morgan fingerprint density at radius 3 is 2.25 bits per heavy atom. The molecule has 1 rings (SSSR count). The van der Waals surface area contributed by atoms with E-state index in [-0.39, 0.29) is 0 Å². The number of hydrogen-bond donors (Lipinski definition) is 1. The number of nitrogens with one attached hydrogen (secondary N) is 1. The molecule has 0 fully saturated rings. The van der Waals surface area contributed by atoms with Crippen LogP contribution in [-0.2, 0) is 0 Å². The molecule has 0 spiro atoms. The first-order valence-corrected chi connectivity index (χ1v) is 2.73. The standard InChI is InChI=1S/C5H9N.CH3F/c1-2-4-6-5-3-1;1-2/h1-2,6H,3-5H2;1H3. The van der Waals surface area contributed by atoms with Gasteiger partial charge in [0.15, 0.2) is 0 Å².